The highest BCUT2D eigenvalue weighted by molar-refractivity contribution is 7.91. The number of carbonyl (C=O) groups excluding carboxylic acids is 1. The summed E-state index contributed by atoms with van der Waals surface area (Å²) in [5, 5.41) is 10.5. The van der Waals surface area contributed by atoms with Gasteiger partial charge in [0.25, 0.3) is 0 Å². The minimum absolute atomic E-state index is 0.000577. The van der Waals surface area contributed by atoms with Gasteiger partial charge in [-0.05, 0) is 19.4 Å². The Morgan fingerprint density at radius 1 is 1.45 bits per heavy atom. The molecule has 0 aliphatic carbocycles. The monoisotopic (exact) mass is 323 g/mol. The number of pyridine rings is 1. The van der Waals surface area contributed by atoms with Gasteiger partial charge in [-0.25, -0.2) is 18.2 Å². The molecule has 2 aromatic rings. The molecule has 2 N–H and O–H groups in total. The van der Waals surface area contributed by atoms with Crippen LogP contribution in [0.4, 0.5) is 10.5 Å². The molecule has 0 aromatic carbocycles. The van der Waals surface area contributed by atoms with Crippen LogP contribution in [0.3, 0.4) is 0 Å². The van der Waals surface area contributed by atoms with Crippen LogP contribution in [0.5, 0.6) is 0 Å². The molecule has 1 saturated heterocycles. The van der Waals surface area contributed by atoms with Crippen molar-refractivity contribution in [2.45, 2.75) is 19.4 Å². The number of aryl methyl sites for hydroxylation is 2. The van der Waals surface area contributed by atoms with E-state index < -0.39 is 15.9 Å². The third-order valence-corrected chi connectivity index (χ3v) is 5.46. The number of nitrogens with zero attached hydrogens (tertiary/aromatic N) is 3. The van der Waals surface area contributed by atoms with Crippen molar-refractivity contribution in [1.29, 1.82) is 0 Å². The fourth-order valence-corrected chi connectivity index (χ4v) is 4.31. The fraction of sp³-hybridized carbons (Fsp3) is 0.462. The van der Waals surface area contributed by atoms with Crippen LogP contribution in [0.1, 0.15) is 12.1 Å². The molecular weight excluding hydrogens is 306 g/mol. The summed E-state index contributed by atoms with van der Waals surface area (Å²) in [4.78, 5) is 16.2. The standard InChI is InChI=1S/C13H17N5O3S/c1-8-11-5-10(6-14-12(11)18(2)17-8)16-13(19)15-9-3-4-22(20,21)7-9/h5-6,9H,3-4,7H2,1-2H3,(H2,15,16,19)/t9-/m0/s1. The Kier molecular flexibility index (Phi) is 3.51. The van der Waals surface area contributed by atoms with Crippen molar-refractivity contribution in [2.24, 2.45) is 7.05 Å². The van der Waals surface area contributed by atoms with Gasteiger partial charge in [0.2, 0.25) is 0 Å². The Morgan fingerprint density at radius 3 is 2.91 bits per heavy atom. The van der Waals surface area contributed by atoms with Gasteiger partial charge < -0.3 is 10.6 Å². The van der Waals surface area contributed by atoms with E-state index in [1.807, 2.05) is 14.0 Å². The molecule has 1 aliphatic rings. The second-order valence-electron chi connectivity index (χ2n) is 5.50. The Morgan fingerprint density at radius 2 is 2.23 bits per heavy atom. The molecule has 8 nitrogen and oxygen atoms in total. The molecule has 1 atom stereocenters. The van der Waals surface area contributed by atoms with Crippen molar-refractivity contribution in [3.63, 3.8) is 0 Å². The quantitative estimate of drug-likeness (QED) is 0.841. The summed E-state index contributed by atoms with van der Waals surface area (Å²) in [7, 11) is -1.20. The molecular formula is C13H17N5O3S. The van der Waals surface area contributed by atoms with E-state index in [0.29, 0.717) is 12.1 Å². The van der Waals surface area contributed by atoms with Crippen molar-refractivity contribution in [2.75, 3.05) is 16.8 Å². The van der Waals surface area contributed by atoms with Crippen molar-refractivity contribution in [1.82, 2.24) is 20.1 Å². The Labute approximate surface area is 127 Å². The predicted molar refractivity (Wildman–Crippen MR) is 82.5 cm³/mol. The summed E-state index contributed by atoms with van der Waals surface area (Å²) < 4.78 is 24.4. The Bertz CT molecular complexity index is 843. The second kappa shape index (κ2) is 5.24. The summed E-state index contributed by atoms with van der Waals surface area (Å²) in [5.74, 6) is 0.125. The van der Waals surface area contributed by atoms with Crippen molar-refractivity contribution in [3.8, 4) is 0 Å². The number of aromatic nitrogens is 3. The van der Waals surface area contributed by atoms with E-state index in [4.69, 9.17) is 0 Å². The average Bonchev–Trinajstić information content (AvgIpc) is 2.90. The third-order valence-electron chi connectivity index (χ3n) is 3.69. The van der Waals surface area contributed by atoms with Crippen LogP contribution in [0.15, 0.2) is 12.3 Å². The van der Waals surface area contributed by atoms with Crippen molar-refractivity contribution < 1.29 is 13.2 Å². The lowest BCUT2D eigenvalue weighted by Gasteiger charge is -2.12. The van der Waals surface area contributed by atoms with Gasteiger partial charge in [-0.1, -0.05) is 0 Å². The van der Waals surface area contributed by atoms with Crippen LogP contribution in [-0.4, -0.2) is 46.8 Å². The summed E-state index contributed by atoms with van der Waals surface area (Å²) >= 11 is 0. The summed E-state index contributed by atoms with van der Waals surface area (Å²) in [6, 6.07) is 1.04. The van der Waals surface area contributed by atoms with Crippen molar-refractivity contribution in [3.05, 3.63) is 18.0 Å². The molecule has 118 valence electrons. The van der Waals surface area contributed by atoms with E-state index in [0.717, 1.165) is 16.7 Å². The van der Waals surface area contributed by atoms with Gasteiger partial charge >= 0.3 is 6.03 Å². The van der Waals surface area contributed by atoms with Gasteiger partial charge in [0, 0.05) is 18.5 Å². The number of hydrogen-bond donors (Lipinski definition) is 2. The van der Waals surface area contributed by atoms with Gasteiger partial charge in [-0.15, -0.1) is 0 Å². The molecule has 1 aliphatic heterocycles. The number of nitrogens with one attached hydrogen (secondary N) is 2. The maximum absolute atomic E-state index is 11.9. The van der Waals surface area contributed by atoms with E-state index in [-0.39, 0.29) is 17.5 Å². The van der Waals surface area contributed by atoms with Crippen LogP contribution in [0.25, 0.3) is 11.0 Å². The van der Waals surface area contributed by atoms with Crippen LogP contribution >= 0.6 is 0 Å². The SMILES string of the molecule is Cc1nn(C)c2ncc(NC(=O)N[C@H]3CCS(=O)(=O)C3)cc12. The fourth-order valence-electron chi connectivity index (χ4n) is 2.64. The van der Waals surface area contributed by atoms with Crippen LogP contribution < -0.4 is 10.6 Å². The number of rotatable bonds is 2. The van der Waals surface area contributed by atoms with Gasteiger partial charge in [0.15, 0.2) is 15.5 Å². The lowest BCUT2D eigenvalue weighted by Crippen LogP contribution is -2.38. The highest BCUT2D eigenvalue weighted by atomic mass is 32.2. The first-order valence-corrected chi connectivity index (χ1v) is 8.73. The molecule has 0 spiro atoms. The average molecular weight is 323 g/mol. The number of carbonyl (C=O) groups is 1. The Hall–Kier alpha value is -2.16. The van der Waals surface area contributed by atoms with E-state index in [1.165, 1.54) is 0 Å². The zero-order valence-electron chi connectivity index (χ0n) is 12.3. The highest BCUT2D eigenvalue weighted by Gasteiger charge is 2.28. The number of hydrogen-bond acceptors (Lipinski definition) is 5. The van der Waals surface area contributed by atoms with E-state index in [9.17, 15) is 13.2 Å². The second-order valence-corrected chi connectivity index (χ2v) is 7.73. The van der Waals surface area contributed by atoms with Gasteiger partial charge in [0.1, 0.15) is 0 Å². The molecule has 2 aromatic heterocycles. The molecule has 0 unspecified atom stereocenters. The minimum Gasteiger partial charge on any atom is -0.334 e. The topological polar surface area (TPSA) is 106 Å². The molecule has 0 saturated carbocycles. The number of urea groups is 1. The predicted octanol–water partition coefficient (Wildman–Crippen LogP) is 0.585. The largest absolute Gasteiger partial charge is 0.334 e. The molecule has 1 fully saturated rings. The van der Waals surface area contributed by atoms with Crippen molar-refractivity contribution >= 4 is 32.6 Å². The zero-order valence-corrected chi connectivity index (χ0v) is 13.1. The van der Waals surface area contributed by atoms with Crippen LogP contribution in [0.2, 0.25) is 0 Å². The molecule has 0 radical (unpaired) electrons. The van der Waals surface area contributed by atoms with Gasteiger partial charge in [-0.2, -0.15) is 5.10 Å². The van der Waals surface area contributed by atoms with E-state index in [2.05, 4.69) is 20.7 Å². The normalized spacial score (nSPS) is 20.2. The molecule has 9 heteroatoms. The maximum Gasteiger partial charge on any atom is 0.319 e. The summed E-state index contributed by atoms with van der Waals surface area (Å²) in [6.45, 7) is 1.87. The highest BCUT2D eigenvalue weighted by Crippen LogP contribution is 2.19. The molecule has 3 heterocycles. The first-order valence-electron chi connectivity index (χ1n) is 6.91. The summed E-state index contributed by atoms with van der Waals surface area (Å²) in [5.41, 5.74) is 2.11. The smallest absolute Gasteiger partial charge is 0.319 e. The van der Waals surface area contributed by atoms with Gasteiger partial charge in [0.05, 0.1) is 29.1 Å². The number of anilines is 1. The van der Waals surface area contributed by atoms with Crippen LogP contribution in [-0.2, 0) is 16.9 Å². The third kappa shape index (κ3) is 2.89. The Balaban J connectivity index is 1.70. The lowest BCUT2D eigenvalue weighted by atomic mass is 10.2. The molecule has 22 heavy (non-hydrogen) atoms. The number of sulfone groups is 1. The zero-order chi connectivity index (χ0) is 15.9. The molecule has 0 bridgehead atoms. The number of amides is 2. The lowest BCUT2D eigenvalue weighted by molar-refractivity contribution is 0.249. The molecule has 3 rings (SSSR count). The van der Waals surface area contributed by atoms with Crippen LogP contribution in [0, 0.1) is 6.92 Å². The maximum atomic E-state index is 11.9. The van der Waals surface area contributed by atoms with E-state index >= 15 is 0 Å². The van der Waals surface area contributed by atoms with Gasteiger partial charge in [-0.3, -0.25) is 4.68 Å². The minimum atomic E-state index is -3.01. The number of fused-ring (bicyclic) bond motifs is 1. The summed E-state index contributed by atoms with van der Waals surface area (Å²) in [6.07, 6.45) is 2.00. The first kappa shape index (κ1) is 14.8. The van der Waals surface area contributed by atoms with E-state index in [1.54, 1.807) is 16.9 Å². The first-order chi connectivity index (χ1) is 10.3. The molecule has 2 amide bonds.